The normalized spacial score (nSPS) is 15.8. The molecular formula is C24H32N2O4S2. The van der Waals surface area contributed by atoms with Crippen LogP contribution in [0.2, 0.25) is 0 Å². The second kappa shape index (κ2) is 11.2. The molecule has 174 valence electrons. The van der Waals surface area contributed by atoms with E-state index in [1.165, 1.54) is 17.4 Å². The molecule has 6 nitrogen and oxygen atoms in total. The van der Waals surface area contributed by atoms with Crippen LogP contribution in [-0.4, -0.2) is 33.2 Å². The van der Waals surface area contributed by atoms with E-state index in [4.69, 9.17) is 4.74 Å². The first-order valence-electron chi connectivity index (χ1n) is 11.0. The van der Waals surface area contributed by atoms with Gasteiger partial charge in [0.05, 0.1) is 10.9 Å². The fourth-order valence-corrected chi connectivity index (χ4v) is 5.66. The highest BCUT2D eigenvalue weighted by Crippen LogP contribution is 2.24. The third-order valence-corrected chi connectivity index (χ3v) is 8.00. The molecule has 0 radical (unpaired) electrons. The van der Waals surface area contributed by atoms with E-state index >= 15 is 0 Å². The molecule has 1 amide bonds. The van der Waals surface area contributed by atoms with Gasteiger partial charge in [0.25, 0.3) is 5.91 Å². The van der Waals surface area contributed by atoms with Crippen LogP contribution in [0.5, 0.6) is 5.75 Å². The molecule has 1 aliphatic rings. The van der Waals surface area contributed by atoms with E-state index in [2.05, 4.69) is 10.0 Å². The molecule has 8 heteroatoms. The van der Waals surface area contributed by atoms with Crippen molar-refractivity contribution in [2.75, 3.05) is 12.9 Å². The number of rotatable bonds is 9. The van der Waals surface area contributed by atoms with Crippen molar-refractivity contribution in [3.05, 3.63) is 53.6 Å². The highest BCUT2D eigenvalue weighted by atomic mass is 32.2. The molecule has 0 aromatic heterocycles. The summed E-state index contributed by atoms with van der Waals surface area (Å²) in [5, 5.41) is 2.93. The summed E-state index contributed by atoms with van der Waals surface area (Å²) < 4.78 is 33.9. The molecule has 2 aromatic carbocycles. The minimum absolute atomic E-state index is 0.00704. The average Bonchev–Trinajstić information content (AvgIpc) is 2.78. The molecule has 0 spiro atoms. The van der Waals surface area contributed by atoms with Crippen molar-refractivity contribution in [3.63, 3.8) is 0 Å². The van der Waals surface area contributed by atoms with Crippen LogP contribution in [-0.2, 0) is 14.8 Å². The number of nitrogens with one attached hydrogen (secondary N) is 2. The van der Waals surface area contributed by atoms with Gasteiger partial charge in [0.1, 0.15) is 5.75 Å². The van der Waals surface area contributed by atoms with Crippen LogP contribution in [0.15, 0.2) is 52.3 Å². The number of hydrogen-bond acceptors (Lipinski definition) is 5. The number of carbonyl (C=O) groups excluding carboxylic acids is 1. The molecule has 3 rings (SSSR count). The number of amides is 1. The van der Waals surface area contributed by atoms with Gasteiger partial charge in [-0.2, -0.15) is 0 Å². The fourth-order valence-electron chi connectivity index (χ4n) is 3.86. The van der Waals surface area contributed by atoms with Gasteiger partial charge in [0.2, 0.25) is 10.0 Å². The van der Waals surface area contributed by atoms with Crippen molar-refractivity contribution in [2.24, 2.45) is 0 Å². The molecule has 2 N–H and O–H groups in total. The maximum absolute atomic E-state index is 12.7. The van der Waals surface area contributed by atoms with E-state index in [-0.39, 0.29) is 29.5 Å². The molecule has 1 saturated carbocycles. The van der Waals surface area contributed by atoms with Crippen molar-refractivity contribution in [1.29, 1.82) is 0 Å². The molecule has 0 saturated heterocycles. The predicted molar refractivity (Wildman–Crippen MR) is 129 cm³/mol. The molecule has 2 aromatic rings. The van der Waals surface area contributed by atoms with Crippen molar-refractivity contribution in [1.82, 2.24) is 10.0 Å². The molecule has 1 atom stereocenters. The van der Waals surface area contributed by atoms with Crippen LogP contribution >= 0.6 is 11.8 Å². The number of aryl methyl sites for hydroxylation is 1. The van der Waals surface area contributed by atoms with Gasteiger partial charge in [0, 0.05) is 10.9 Å². The van der Waals surface area contributed by atoms with Crippen LogP contribution in [0, 0.1) is 6.92 Å². The molecule has 1 fully saturated rings. The second-order valence-electron chi connectivity index (χ2n) is 8.23. The van der Waals surface area contributed by atoms with Gasteiger partial charge in [-0.25, -0.2) is 13.1 Å². The Balaban J connectivity index is 1.55. The molecular weight excluding hydrogens is 444 g/mol. The van der Waals surface area contributed by atoms with E-state index in [1.807, 2.05) is 37.4 Å². The van der Waals surface area contributed by atoms with Gasteiger partial charge < -0.3 is 10.1 Å². The standard InChI is InChI=1S/C24H32N2O4S2/c1-17-15-22(32(28,29)26-20-7-5-4-6-8-20)13-14-23(17)30-16-24(27)25-18(2)19-9-11-21(31-3)12-10-19/h9-15,18,20,26H,4-8,16H2,1-3H3,(H,25,27)/t18-/m1/s1. The maximum atomic E-state index is 12.7. The number of benzene rings is 2. The summed E-state index contributed by atoms with van der Waals surface area (Å²) in [6, 6.07) is 12.7. The summed E-state index contributed by atoms with van der Waals surface area (Å²) in [7, 11) is -3.57. The number of thioether (sulfide) groups is 1. The minimum atomic E-state index is -3.57. The molecule has 0 bridgehead atoms. The Bertz CT molecular complexity index is 1020. The Hall–Kier alpha value is -2.03. The molecule has 1 aliphatic carbocycles. The Morgan fingerprint density at radius 1 is 1.12 bits per heavy atom. The van der Waals surface area contributed by atoms with Gasteiger partial charge in [-0.15, -0.1) is 11.8 Å². The zero-order chi connectivity index (χ0) is 23.1. The summed E-state index contributed by atoms with van der Waals surface area (Å²) in [6.45, 7) is 3.57. The first-order valence-corrected chi connectivity index (χ1v) is 13.7. The molecule has 0 heterocycles. The third-order valence-electron chi connectivity index (χ3n) is 5.74. The first kappa shape index (κ1) is 24.6. The SMILES string of the molecule is CSc1ccc([C@@H](C)NC(=O)COc2ccc(S(=O)(=O)NC3CCCCC3)cc2C)cc1. The zero-order valence-electron chi connectivity index (χ0n) is 18.9. The van der Waals surface area contributed by atoms with E-state index in [0.717, 1.165) is 31.2 Å². The van der Waals surface area contributed by atoms with Gasteiger partial charge in [0.15, 0.2) is 6.61 Å². The summed E-state index contributed by atoms with van der Waals surface area (Å²) in [5.74, 6) is 0.259. The number of sulfonamides is 1. The van der Waals surface area contributed by atoms with Gasteiger partial charge in [-0.1, -0.05) is 31.4 Å². The van der Waals surface area contributed by atoms with E-state index in [9.17, 15) is 13.2 Å². The topological polar surface area (TPSA) is 84.5 Å². The lowest BCUT2D eigenvalue weighted by atomic mass is 9.96. The molecule has 32 heavy (non-hydrogen) atoms. The summed E-state index contributed by atoms with van der Waals surface area (Å²) in [6.07, 6.45) is 7.07. The van der Waals surface area contributed by atoms with Gasteiger partial charge >= 0.3 is 0 Å². The molecule has 0 aliphatic heterocycles. The highest BCUT2D eigenvalue weighted by Gasteiger charge is 2.22. The van der Waals surface area contributed by atoms with E-state index in [1.54, 1.807) is 30.8 Å². The Labute approximate surface area is 195 Å². The highest BCUT2D eigenvalue weighted by molar-refractivity contribution is 7.98. The monoisotopic (exact) mass is 476 g/mol. The average molecular weight is 477 g/mol. The lowest BCUT2D eigenvalue weighted by Gasteiger charge is -2.22. The number of ether oxygens (including phenoxy) is 1. The largest absolute Gasteiger partial charge is 0.484 e. The predicted octanol–water partition coefficient (Wildman–Crippen LogP) is 4.58. The third kappa shape index (κ3) is 6.73. The van der Waals surface area contributed by atoms with Crippen LogP contribution < -0.4 is 14.8 Å². The summed E-state index contributed by atoms with van der Waals surface area (Å²) in [5.41, 5.74) is 1.69. The first-order chi connectivity index (χ1) is 15.3. The Kier molecular flexibility index (Phi) is 8.62. The Morgan fingerprint density at radius 2 is 1.81 bits per heavy atom. The fraction of sp³-hybridized carbons (Fsp3) is 0.458. The van der Waals surface area contributed by atoms with Crippen LogP contribution in [0.25, 0.3) is 0 Å². The quantitative estimate of drug-likeness (QED) is 0.518. The van der Waals surface area contributed by atoms with Crippen LogP contribution in [0.1, 0.15) is 56.2 Å². The minimum Gasteiger partial charge on any atom is -0.484 e. The number of hydrogen-bond donors (Lipinski definition) is 2. The molecule has 0 unspecified atom stereocenters. The lowest BCUT2D eigenvalue weighted by Crippen LogP contribution is -2.36. The van der Waals surface area contributed by atoms with E-state index < -0.39 is 10.0 Å². The Morgan fingerprint density at radius 3 is 2.44 bits per heavy atom. The van der Waals surface area contributed by atoms with Gasteiger partial charge in [-0.05, 0) is 74.4 Å². The number of carbonyl (C=O) groups is 1. The zero-order valence-corrected chi connectivity index (χ0v) is 20.5. The lowest BCUT2D eigenvalue weighted by molar-refractivity contribution is -0.123. The summed E-state index contributed by atoms with van der Waals surface area (Å²) >= 11 is 1.67. The van der Waals surface area contributed by atoms with Crippen molar-refractivity contribution < 1.29 is 17.9 Å². The van der Waals surface area contributed by atoms with Gasteiger partial charge in [-0.3, -0.25) is 4.79 Å². The van der Waals surface area contributed by atoms with Crippen molar-refractivity contribution in [2.45, 2.75) is 67.8 Å². The van der Waals surface area contributed by atoms with Crippen LogP contribution in [0.3, 0.4) is 0 Å². The van der Waals surface area contributed by atoms with Crippen molar-refractivity contribution in [3.8, 4) is 5.75 Å². The van der Waals surface area contributed by atoms with E-state index in [0.29, 0.717) is 11.3 Å². The second-order valence-corrected chi connectivity index (χ2v) is 10.8. The van der Waals surface area contributed by atoms with Crippen LogP contribution in [0.4, 0.5) is 0 Å². The maximum Gasteiger partial charge on any atom is 0.258 e. The smallest absolute Gasteiger partial charge is 0.258 e. The summed E-state index contributed by atoms with van der Waals surface area (Å²) in [4.78, 5) is 13.7. The van der Waals surface area contributed by atoms with Crippen molar-refractivity contribution >= 4 is 27.7 Å².